The second-order valence-corrected chi connectivity index (χ2v) is 6.87. The smallest absolute Gasteiger partial charge is 0.255 e. The van der Waals surface area contributed by atoms with Gasteiger partial charge in [0, 0.05) is 18.9 Å². The highest BCUT2D eigenvalue weighted by molar-refractivity contribution is 6.17. The summed E-state index contributed by atoms with van der Waals surface area (Å²) in [7, 11) is 0. The Bertz CT molecular complexity index is 896. The molecular weight excluding hydrogens is 318 g/mol. The van der Waals surface area contributed by atoms with Crippen LogP contribution in [0, 0.1) is 6.92 Å². The Labute approximate surface area is 145 Å². The fourth-order valence-corrected chi connectivity index (χ4v) is 3.17. The number of aliphatic imine (C=N–C) groups is 2. The van der Waals surface area contributed by atoms with Gasteiger partial charge < -0.3 is 14.6 Å². The summed E-state index contributed by atoms with van der Waals surface area (Å²) in [6.07, 6.45) is 5.13. The van der Waals surface area contributed by atoms with Crippen molar-refractivity contribution in [2.45, 2.75) is 32.9 Å². The van der Waals surface area contributed by atoms with Crippen molar-refractivity contribution in [2.75, 3.05) is 6.54 Å². The molecule has 0 saturated carbocycles. The van der Waals surface area contributed by atoms with Crippen molar-refractivity contribution in [3.63, 3.8) is 0 Å². The van der Waals surface area contributed by atoms with Gasteiger partial charge in [-0.3, -0.25) is 14.8 Å². The zero-order chi connectivity index (χ0) is 17.6. The average Bonchev–Trinajstić information content (AvgIpc) is 3.08. The highest BCUT2D eigenvalue weighted by Crippen LogP contribution is 2.36. The van der Waals surface area contributed by atoms with Crippen LogP contribution in [0.2, 0.25) is 0 Å². The molecule has 2 aromatic rings. The van der Waals surface area contributed by atoms with E-state index in [4.69, 9.17) is 9.41 Å². The maximum absolute atomic E-state index is 12.8. The van der Waals surface area contributed by atoms with Crippen molar-refractivity contribution >= 4 is 24.0 Å². The SMILES string of the molecule is Cc1oc2c(c1C(=O)NCc1ccncc1)C1=NC(C)(C)CN1C=N2. The molecule has 1 amide bonds. The summed E-state index contributed by atoms with van der Waals surface area (Å²) in [4.78, 5) is 27.9. The first-order valence-corrected chi connectivity index (χ1v) is 8.16. The quantitative estimate of drug-likeness (QED) is 0.932. The molecule has 0 radical (unpaired) electrons. The highest BCUT2D eigenvalue weighted by Gasteiger charge is 2.38. The molecule has 2 aliphatic heterocycles. The molecule has 128 valence electrons. The van der Waals surface area contributed by atoms with Crippen LogP contribution in [0.25, 0.3) is 0 Å². The van der Waals surface area contributed by atoms with Gasteiger partial charge in [-0.1, -0.05) is 0 Å². The predicted octanol–water partition coefficient (Wildman–Crippen LogP) is 2.43. The summed E-state index contributed by atoms with van der Waals surface area (Å²) in [6.45, 7) is 7.05. The van der Waals surface area contributed by atoms with E-state index < -0.39 is 0 Å². The number of aromatic nitrogens is 1. The lowest BCUT2D eigenvalue weighted by atomic mass is 10.1. The van der Waals surface area contributed by atoms with Crippen LogP contribution < -0.4 is 5.32 Å². The fourth-order valence-electron chi connectivity index (χ4n) is 3.17. The van der Waals surface area contributed by atoms with Crippen molar-refractivity contribution in [2.24, 2.45) is 9.98 Å². The number of nitrogens with one attached hydrogen (secondary N) is 1. The highest BCUT2D eigenvalue weighted by atomic mass is 16.4. The Morgan fingerprint density at radius 3 is 2.88 bits per heavy atom. The van der Waals surface area contributed by atoms with Gasteiger partial charge in [-0.15, -0.1) is 0 Å². The molecule has 1 N–H and O–H groups in total. The van der Waals surface area contributed by atoms with Crippen LogP contribution in [0.1, 0.15) is 41.1 Å². The number of hydrogen-bond donors (Lipinski definition) is 1. The monoisotopic (exact) mass is 337 g/mol. The number of amidine groups is 1. The molecule has 0 bridgehead atoms. The number of rotatable bonds is 3. The number of furan rings is 1. The first-order chi connectivity index (χ1) is 11.9. The molecule has 4 rings (SSSR count). The second-order valence-electron chi connectivity index (χ2n) is 6.87. The van der Waals surface area contributed by atoms with Gasteiger partial charge >= 0.3 is 0 Å². The van der Waals surface area contributed by atoms with Crippen LogP contribution in [-0.2, 0) is 6.54 Å². The zero-order valence-electron chi connectivity index (χ0n) is 14.4. The maximum Gasteiger partial charge on any atom is 0.255 e. The van der Waals surface area contributed by atoms with Crippen molar-refractivity contribution < 1.29 is 9.21 Å². The molecule has 0 unspecified atom stereocenters. The molecule has 0 aliphatic carbocycles. The zero-order valence-corrected chi connectivity index (χ0v) is 14.4. The number of carbonyl (C=O) groups excluding carboxylic acids is 1. The van der Waals surface area contributed by atoms with Gasteiger partial charge in [-0.25, -0.2) is 4.99 Å². The van der Waals surface area contributed by atoms with Crippen molar-refractivity contribution in [1.82, 2.24) is 15.2 Å². The van der Waals surface area contributed by atoms with Crippen LogP contribution in [-0.4, -0.2) is 40.0 Å². The van der Waals surface area contributed by atoms with E-state index in [1.807, 2.05) is 17.0 Å². The molecule has 4 heterocycles. The molecule has 25 heavy (non-hydrogen) atoms. The van der Waals surface area contributed by atoms with Crippen LogP contribution >= 0.6 is 0 Å². The van der Waals surface area contributed by atoms with Crippen molar-refractivity contribution in [3.05, 3.63) is 47.0 Å². The van der Waals surface area contributed by atoms with E-state index in [9.17, 15) is 4.79 Å². The minimum Gasteiger partial charge on any atom is -0.442 e. The van der Waals surface area contributed by atoms with E-state index in [1.54, 1.807) is 25.7 Å². The number of fused-ring (bicyclic) bond motifs is 3. The lowest BCUT2D eigenvalue weighted by molar-refractivity contribution is 0.0949. The van der Waals surface area contributed by atoms with E-state index >= 15 is 0 Å². The summed E-state index contributed by atoms with van der Waals surface area (Å²) in [6, 6.07) is 3.74. The summed E-state index contributed by atoms with van der Waals surface area (Å²) < 4.78 is 5.71. The van der Waals surface area contributed by atoms with E-state index in [1.165, 1.54) is 0 Å². The molecule has 2 aliphatic rings. The van der Waals surface area contributed by atoms with Gasteiger partial charge in [0.15, 0.2) is 0 Å². The summed E-state index contributed by atoms with van der Waals surface area (Å²) in [5.74, 6) is 1.55. The standard InChI is InChI=1S/C18H19N5O2/c1-11-13(16(24)20-8-12-4-6-19-7-5-12)14-15-22-18(2,3)9-23(15)10-21-17(14)25-11/h4-7,10H,8-9H2,1-3H3,(H,20,24). The third-order valence-electron chi connectivity index (χ3n) is 4.27. The number of hydrogen-bond acceptors (Lipinski definition) is 6. The normalized spacial score (nSPS) is 17.1. The second kappa shape index (κ2) is 5.54. The van der Waals surface area contributed by atoms with E-state index in [-0.39, 0.29) is 11.4 Å². The molecule has 7 nitrogen and oxygen atoms in total. The molecule has 0 aromatic carbocycles. The summed E-state index contributed by atoms with van der Waals surface area (Å²) in [5, 5.41) is 2.94. The molecule has 2 aromatic heterocycles. The minimum atomic E-state index is -0.223. The molecule has 0 saturated heterocycles. The number of aryl methyl sites for hydroxylation is 1. The van der Waals surface area contributed by atoms with Gasteiger partial charge in [0.25, 0.3) is 5.91 Å². The molecule has 7 heteroatoms. The number of amides is 1. The van der Waals surface area contributed by atoms with E-state index in [2.05, 4.69) is 29.1 Å². The van der Waals surface area contributed by atoms with Crippen LogP contribution in [0.4, 0.5) is 5.88 Å². The van der Waals surface area contributed by atoms with Gasteiger partial charge in [0.1, 0.15) is 17.9 Å². The Morgan fingerprint density at radius 2 is 2.12 bits per heavy atom. The van der Waals surface area contributed by atoms with Gasteiger partial charge in [-0.05, 0) is 38.5 Å². The molecule has 0 fully saturated rings. The Kier molecular flexibility index (Phi) is 3.45. The molecule has 0 atom stereocenters. The number of pyridine rings is 1. The third kappa shape index (κ3) is 2.71. The number of carbonyl (C=O) groups is 1. The molecular formula is C18H19N5O2. The fraction of sp³-hybridized carbons (Fsp3) is 0.333. The van der Waals surface area contributed by atoms with Crippen LogP contribution in [0.5, 0.6) is 0 Å². The summed E-state index contributed by atoms with van der Waals surface area (Å²) >= 11 is 0. The van der Waals surface area contributed by atoms with Gasteiger partial charge in [-0.2, -0.15) is 0 Å². The lowest BCUT2D eigenvalue weighted by Crippen LogP contribution is -2.34. The van der Waals surface area contributed by atoms with Crippen LogP contribution in [0.15, 0.2) is 38.9 Å². The van der Waals surface area contributed by atoms with Crippen LogP contribution in [0.3, 0.4) is 0 Å². The lowest BCUT2D eigenvalue weighted by Gasteiger charge is -2.20. The average molecular weight is 337 g/mol. The summed E-state index contributed by atoms with van der Waals surface area (Å²) in [5.41, 5.74) is 1.94. The first kappa shape index (κ1) is 15.6. The Morgan fingerprint density at radius 1 is 1.36 bits per heavy atom. The third-order valence-corrected chi connectivity index (χ3v) is 4.27. The van der Waals surface area contributed by atoms with Crippen molar-refractivity contribution in [3.8, 4) is 0 Å². The largest absolute Gasteiger partial charge is 0.442 e. The first-order valence-electron chi connectivity index (χ1n) is 8.16. The van der Waals surface area contributed by atoms with Crippen molar-refractivity contribution in [1.29, 1.82) is 0 Å². The predicted molar refractivity (Wildman–Crippen MR) is 94.3 cm³/mol. The number of nitrogens with zero attached hydrogens (tertiary/aromatic N) is 4. The van der Waals surface area contributed by atoms with Gasteiger partial charge in [0.2, 0.25) is 5.88 Å². The van der Waals surface area contributed by atoms with E-state index in [0.717, 1.165) is 17.9 Å². The topological polar surface area (TPSA) is 83.1 Å². The minimum absolute atomic E-state index is 0.191. The Balaban J connectivity index is 1.67. The Hall–Kier alpha value is -2.96. The van der Waals surface area contributed by atoms with Gasteiger partial charge in [0.05, 0.1) is 23.2 Å². The maximum atomic E-state index is 12.8. The van der Waals surface area contributed by atoms with E-state index in [0.29, 0.717) is 29.3 Å². The molecule has 0 spiro atoms.